The minimum atomic E-state index is -1.08. The second-order valence-electron chi connectivity index (χ2n) is 9.02. The van der Waals surface area contributed by atoms with Gasteiger partial charge in [0.1, 0.15) is 11.4 Å². The Bertz CT molecular complexity index is 1400. The number of H-pyrrole nitrogens is 1. The van der Waals surface area contributed by atoms with E-state index >= 15 is 0 Å². The zero-order valence-electron chi connectivity index (χ0n) is 19.7. The molecule has 5 rings (SSSR count). The van der Waals surface area contributed by atoms with Gasteiger partial charge in [0, 0.05) is 35.1 Å². The van der Waals surface area contributed by atoms with Gasteiger partial charge >= 0.3 is 0 Å². The van der Waals surface area contributed by atoms with Crippen LogP contribution in [0.2, 0.25) is 0 Å². The lowest BCUT2D eigenvalue weighted by Gasteiger charge is -2.24. The quantitative estimate of drug-likeness (QED) is 0.409. The van der Waals surface area contributed by atoms with Crippen molar-refractivity contribution in [3.8, 4) is 11.1 Å². The Labute approximate surface area is 202 Å². The van der Waals surface area contributed by atoms with Crippen LogP contribution in [-0.4, -0.2) is 55.4 Å². The van der Waals surface area contributed by atoms with E-state index < -0.39 is 11.2 Å². The van der Waals surface area contributed by atoms with Crippen LogP contribution in [-0.2, 0) is 11.2 Å². The van der Waals surface area contributed by atoms with Gasteiger partial charge in [-0.3, -0.25) is 4.79 Å². The second-order valence-corrected chi connectivity index (χ2v) is 10.8. The molecule has 2 aromatic heterocycles. The van der Waals surface area contributed by atoms with Gasteiger partial charge in [0.05, 0.1) is 18.2 Å². The minimum Gasteiger partial charge on any atom is -0.611 e. The van der Waals surface area contributed by atoms with Gasteiger partial charge in [-0.15, -0.1) is 0 Å². The van der Waals surface area contributed by atoms with E-state index in [2.05, 4.69) is 16.0 Å². The van der Waals surface area contributed by atoms with Gasteiger partial charge in [-0.05, 0) is 85.2 Å². The summed E-state index contributed by atoms with van der Waals surface area (Å²) in [7, 11) is 0. The molecule has 4 aromatic rings. The van der Waals surface area contributed by atoms with Crippen LogP contribution in [0.25, 0.3) is 33.1 Å². The molecule has 1 fully saturated rings. The Morgan fingerprint density at radius 3 is 2.88 bits per heavy atom. The number of benzene rings is 2. The third-order valence-electron chi connectivity index (χ3n) is 6.87. The maximum atomic E-state index is 13.7. The standard InChI is InChI=1S/C27H29N3O3S/c1-4-34(33)20-9-5-7-18(12-20)22-13-21(27(32)30-10-6-8-19(30)15-31)17(3)25-24(22)23-11-16(2)14-28-26(23)29-25/h5,7,9,11-14,19,31H,4,6,8,10,15H2,1-3H3,(H,28,29). The summed E-state index contributed by atoms with van der Waals surface area (Å²) in [6.07, 6.45) is 3.54. The molecule has 2 atom stereocenters. The van der Waals surface area contributed by atoms with Crippen molar-refractivity contribution < 1.29 is 14.5 Å². The number of carbonyl (C=O) groups excluding carboxylic acids is 1. The number of aromatic amines is 1. The smallest absolute Gasteiger partial charge is 0.254 e. The predicted molar refractivity (Wildman–Crippen MR) is 137 cm³/mol. The summed E-state index contributed by atoms with van der Waals surface area (Å²) in [5.41, 5.74) is 6.04. The number of pyridine rings is 1. The number of fused-ring (bicyclic) bond motifs is 3. The number of likely N-dealkylation sites (tertiary alicyclic amines) is 1. The zero-order chi connectivity index (χ0) is 24.0. The maximum Gasteiger partial charge on any atom is 0.254 e. The summed E-state index contributed by atoms with van der Waals surface area (Å²) in [4.78, 5) is 24.3. The van der Waals surface area contributed by atoms with Crippen molar-refractivity contribution in [3.05, 3.63) is 59.3 Å². The fourth-order valence-electron chi connectivity index (χ4n) is 5.06. The largest absolute Gasteiger partial charge is 0.611 e. The number of hydrogen-bond donors (Lipinski definition) is 2. The number of aromatic nitrogens is 2. The Balaban J connectivity index is 1.79. The van der Waals surface area contributed by atoms with Crippen molar-refractivity contribution >= 4 is 39.0 Å². The summed E-state index contributed by atoms with van der Waals surface area (Å²) < 4.78 is 12.6. The average molecular weight is 476 g/mol. The molecule has 0 spiro atoms. The van der Waals surface area contributed by atoms with Crippen LogP contribution in [0.5, 0.6) is 0 Å². The summed E-state index contributed by atoms with van der Waals surface area (Å²) >= 11 is -1.08. The molecule has 0 radical (unpaired) electrons. The van der Waals surface area contributed by atoms with Crippen LogP contribution in [0.1, 0.15) is 41.3 Å². The van der Waals surface area contributed by atoms with Gasteiger partial charge in [-0.25, -0.2) is 4.98 Å². The fourth-order valence-corrected chi connectivity index (χ4v) is 5.89. The third kappa shape index (κ3) is 3.78. The zero-order valence-corrected chi connectivity index (χ0v) is 20.5. The number of aryl methyl sites for hydroxylation is 2. The molecule has 34 heavy (non-hydrogen) atoms. The highest BCUT2D eigenvalue weighted by Gasteiger charge is 2.31. The van der Waals surface area contributed by atoms with Gasteiger partial charge in [0.15, 0.2) is 4.90 Å². The molecule has 0 bridgehead atoms. The highest BCUT2D eigenvalue weighted by Crippen LogP contribution is 2.39. The molecule has 1 amide bonds. The van der Waals surface area contributed by atoms with Crippen molar-refractivity contribution in [1.29, 1.82) is 0 Å². The molecule has 1 saturated heterocycles. The number of amides is 1. The SMILES string of the molecule is CC[S+]([O-])c1cccc(-c2cc(C(=O)N3CCCC3CO)c(C)c3[nH]c4ncc(C)cc4c23)c1. The molecule has 1 aliphatic heterocycles. The van der Waals surface area contributed by atoms with E-state index in [0.29, 0.717) is 17.9 Å². The molecule has 6 nitrogen and oxygen atoms in total. The highest BCUT2D eigenvalue weighted by molar-refractivity contribution is 7.91. The first-order valence-electron chi connectivity index (χ1n) is 11.7. The van der Waals surface area contributed by atoms with E-state index in [1.54, 1.807) is 4.90 Å². The Morgan fingerprint density at radius 2 is 2.12 bits per heavy atom. The lowest BCUT2D eigenvalue weighted by molar-refractivity contribution is 0.0677. The maximum absolute atomic E-state index is 13.7. The predicted octanol–water partition coefficient (Wildman–Crippen LogP) is 4.72. The van der Waals surface area contributed by atoms with Crippen molar-refractivity contribution in [2.45, 2.75) is 44.6 Å². The summed E-state index contributed by atoms with van der Waals surface area (Å²) in [5.74, 6) is 0.484. The molecule has 3 heterocycles. The van der Waals surface area contributed by atoms with Crippen molar-refractivity contribution in [3.63, 3.8) is 0 Å². The van der Waals surface area contributed by atoms with Crippen LogP contribution in [0, 0.1) is 13.8 Å². The molecule has 2 unspecified atom stereocenters. The molecule has 0 saturated carbocycles. The van der Waals surface area contributed by atoms with Crippen LogP contribution in [0.15, 0.2) is 47.5 Å². The Morgan fingerprint density at radius 1 is 1.29 bits per heavy atom. The van der Waals surface area contributed by atoms with Gasteiger partial charge in [0.2, 0.25) is 0 Å². The van der Waals surface area contributed by atoms with Crippen molar-refractivity contribution in [1.82, 2.24) is 14.9 Å². The van der Waals surface area contributed by atoms with Crippen molar-refractivity contribution in [2.75, 3.05) is 18.9 Å². The van der Waals surface area contributed by atoms with Gasteiger partial charge in [-0.2, -0.15) is 0 Å². The van der Waals surface area contributed by atoms with E-state index in [0.717, 1.165) is 61.9 Å². The lowest BCUT2D eigenvalue weighted by atomic mass is 9.93. The van der Waals surface area contributed by atoms with E-state index in [9.17, 15) is 14.5 Å². The molecule has 2 aromatic carbocycles. The third-order valence-corrected chi connectivity index (χ3v) is 8.18. The second kappa shape index (κ2) is 9.06. The summed E-state index contributed by atoms with van der Waals surface area (Å²) in [5, 5.41) is 11.8. The lowest BCUT2D eigenvalue weighted by Crippen LogP contribution is -2.38. The minimum absolute atomic E-state index is 0.0274. The topological polar surface area (TPSA) is 92.3 Å². The molecular formula is C27H29N3O3S. The van der Waals surface area contributed by atoms with Crippen LogP contribution >= 0.6 is 0 Å². The monoisotopic (exact) mass is 475 g/mol. The van der Waals surface area contributed by atoms with E-state index in [-0.39, 0.29) is 18.6 Å². The number of aliphatic hydroxyl groups is 1. The van der Waals surface area contributed by atoms with Crippen LogP contribution in [0.3, 0.4) is 0 Å². The van der Waals surface area contributed by atoms with E-state index in [4.69, 9.17) is 0 Å². The Hall–Kier alpha value is -2.87. The van der Waals surface area contributed by atoms with E-state index in [1.807, 2.05) is 57.3 Å². The average Bonchev–Trinajstić information content (AvgIpc) is 3.48. The van der Waals surface area contributed by atoms with Gasteiger partial charge < -0.3 is 19.5 Å². The van der Waals surface area contributed by atoms with Crippen LogP contribution in [0.4, 0.5) is 0 Å². The molecule has 0 aliphatic carbocycles. The summed E-state index contributed by atoms with van der Waals surface area (Å²) in [6.45, 7) is 6.51. The number of aliphatic hydroxyl groups excluding tert-OH is 1. The molecule has 7 heteroatoms. The number of carbonyl (C=O) groups is 1. The van der Waals surface area contributed by atoms with Crippen LogP contribution < -0.4 is 0 Å². The molecule has 1 aliphatic rings. The number of hydrogen-bond acceptors (Lipinski definition) is 4. The molecule has 176 valence electrons. The fraction of sp³-hybridized carbons (Fsp3) is 0.333. The van der Waals surface area contributed by atoms with Crippen molar-refractivity contribution in [2.24, 2.45) is 0 Å². The highest BCUT2D eigenvalue weighted by atomic mass is 32.2. The number of rotatable bonds is 5. The summed E-state index contributed by atoms with van der Waals surface area (Å²) in [6, 6.07) is 11.7. The van der Waals surface area contributed by atoms with Gasteiger partial charge in [-0.1, -0.05) is 12.1 Å². The van der Waals surface area contributed by atoms with Gasteiger partial charge in [0.25, 0.3) is 5.91 Å². The Kier molecular flexibility index (Phi) is 6.10. The first-order chi connectivity index (χ1) is 16.4. The van der Waals surface area contributed by atoms with E-state index in [1.165, 1.54) is 0 Å². The molecule has 2 N–H and O–H groups in total. The number of nitrogens with zero attached hydrogens (tertiary/aromatic N) is 2. The number of nitrogens with one attached hydrogen (secondary N) is 1. The normalized spacial score (nSPS) is 17.1. The first kappa shape index (κ1) is 22.9. The molecular weight excluding hydrogens is 446 g/mol. The first-order valence-corrected chi connectivity index (χ1v) is 13.1.